The largest absolute Gasteiger partial charge is 0.368 e. The van der Waals surface area contributed by atoms with Gasteiger partial charge >= 0.3 is 0 Å². The van der Waals surface area contributed by atoms with Crippen LogP contribution in [0.3, 0.4) is 0 Å². The lowest BCUT2D eigenvalue weighted by atomic mass is 9.97. The summed E-state index contributed by atoms with van der Waals surface area (Å²) < 4.78 is 0. The molecule has 1 rings (SSSR count). The SMILES string of the molecule is CCC(CN)CC(=O)N1CCCCC1C(N)=O. The zero-order valence-corrected chi connectivity index (χ0v) is 10.5. The summed E-state index contributed by atoms with van der Waals surface area (Å²) in [6.07, 6.45) is 3.93. The predicted molar refractivity (Wildman–Crippen MR) is 66.0 cm³/mol. The minimum Gasteiger partial charge on any atom is -0.368 e. The molecule has 98 valence electrons. The third kappa shape index (κ3) is 3.70. The highest BCUT2D eigenvalue weighted by molar-refractivity contribution is 5.86. The van der Waals surface area contributed by atoms with Crippen molar-refractivity contribution in [3.8, 4) is 0 Å². The second kappa shape index (κ2) is 6.59. The maximum absolute atomic E-state index is 12.1. The summed E-state index contributed by atoms with van der Waals surface area (Å²) in [4.78, 5) is 25.0. The summed E-state index contributed by atoms with van der Waals surface area (Å²) in [5, 5.41) is 0. The third-order valence-corrected chi connectivity index (χ3v) is 3.53. The number of hydrogen-bond donors (Lipinski definition) is 2. The molecular formula is C12H23N3O2. The van der Waals surface area contributed by atoms with Gasteiger partial charge in [0.05, 0.1) is 0 Å². The van der Waals surface area contributed by atoms with Crippen molar-refractivity contribution in [2.75, 3.05) is 13.1 Å². The fourth-order valence-corrected chi connectivity index (χ4v) is 2.28. The van der Waals surface area contributed by atoms with E-state index in [4.69, 9.17) is 11.5 Å². The Morgan fingerprint density at radius 2 is 2.12 bits per heavy atom. The van der Waals surface area contributed by atoms with Crippen molar-refractivity contribution in [3.05, 3.63) is 0 Å². The molecular weight excluding hydrogens is 218 g/mol. The van der Waals surface area contributed by atoms with E-state index in [0.29, 0.717) is 25.9 Å². The number of rotatable bonds is 5. The first-order chi connectivity index (χ1) is 8.10. The van der Waals surface area contributed by atoms with Crippen molar-refractivity contribution in [2.24, 2.45) is 17.4 Å². The first kappa shape index (κ1) is 14.0. The lowest BCUT2D eigenvalue weighted by Crippen LogP contribution is -2.51. The highest BCUT2D eigenvalue weighted by atomic mass is 16.2. The van der Waals surface area contributed by atoms with Gasteiger partial charge in [-0.05, 0) is 31.7 Å². The molecule has 0 aromatic heterocycles. The molecule has 1 saturated heterocycles. The maximum atomic E-state index is 12.1. The molecule has 1 aliphatic rings. The Kier molecular flexibility index (Phi) is 5.41. The molecule has 0 radical (unpaired) electrons. The smallest absolute Gasteiger partial charge is 0.240 e. The van der Waals surface area contributed by atoms with E-state index in [-0.39, 0.29) is 17.7 Å². The van der Waals surface area contributed by atoms with E-state index < -0.39 is 6.04 Å². The fourth-order valence-electron chi connectivity index (χ4n) is 2.28. The first-order valence-corrected chi connectivity index (χ1v) is 6.39. The van der Waals surface area contributed by atoms with Crippen molar-refractivity contribution in [2.45, 2.75) is 45.1 Å². The summed E-state index contributed by atoms with van der Waals surface area (Å²) in [7, 11) is 0. The van der Waals surface area contributed by atoms with Gasteiger partial charge in [-0.2, -0.15) is 0 Å². The average Bonchev–Trinajstić information content (AvgIpc) is 2.35. The van der Waals surface area contributed by atoms with Gasteiger partial charge in [-0.1, -0.05) is 13.3 Å². The minimum absolute atomic E-state index is 0.0193. The topological polar surface area (TPSA) is 89.4 Å². The van der Waals surface area contributed by atoms with Crippen LogP contribution in [-0.2, 0) is 9.59 Å². The Hall–Kier alpha value is -1.10. The predicted octanol–water partition coefficient (Wildman–Crippen LogP) is 0.228. The summed E-state index contributed by atoms with van der Waals surface area (Å²) in [6, 6.07) is -0.411. The number of nitrogens with zero attached hydrogens (tertiary/aromatic N) is 1. The van der Waals surface area contributed by atoms with Gasteiger partial charge in [0.2, 0.25) is 11.8 Å². The highest BCUT2D eigenvalue weighted by Crippen LogP contribution is 2.19. The summed E-state index contributed by atoms with van der Waals surface area (Å²) in [6.45, 7) is 3.18. The maximum Gasteiger partial charge on any atom is 0.240 e. The van der Waals surface area contributed by atoms with Gasteiger partial charge in [0.25, 0.3) is 0 Å². The Balaban J connectivity index is 2.61. The van der Waals surface area contributed by atoms with Crippen LogP contribution >= 0.6 is 0 Å². The van der Waals surface area contributed by atoms with E-state index in [0.717, 1.165) is 19.3 Å². The van der Waals surface area contributed by atoms with Crippen LogP contribution in [0, 0.1) is 5.92 Å². The molecule has 1 fully saturated rings. The molecule has 5 heteroatoms. The van der Waals surface area contributed by atoms with Crippen molar-refractivity contribution >= 4 is 11.8 Å². The molecule has 0 aromatic rings. The van der Waals surface area contributed by atoms with Crippen LogP contribution in [-0.4, -0.2) is 35.8 Å². The zero-order valence-electron chi connectivity index (χ0n) is 10.5. The first-order valence-electron chi connectivity index (χ1n) is 6.39. The van der Waals surface area contributed by atoms with Crippen molar-refractivity contribution in [3.63, 3.8) is 0 Å². The van der Waals surface area contributed by atoms with E-state index >= 15 is 0 Å². The van der Waals surface area contributed by atoms with E-state index in [9.17, 15) is 9.59 Å². The van der Waals surface area contributed by atoms with Gasteiger partial charge in [0.1, 0.15) is 6.04 Å². The van der Waals surface area contributed by atoms with Crippen molar-refractivity contribution < 1.29 is 9.59 Å². The summed E-state index contributed by atoms with van der Waals surface area (Å²) in [5.74, 6) is -0.164. The van der Waals surface area contributed by atoms with Crippen molar-refractivity contribution in [1.29, 1.82) is 0 Å². The number of hydrogen-bond acceptors (Lipinski definition) is 3. The van der Waals surface area contributed by atoms with Crippen LogP contribution in [0.2, 0.25) is 0 Å². The quantitative estimate of drug-likeness (QED) is 0.722. The van der Waals surface area contributed by atoms with E-state index in [1.165, 1.54) is 0 Å². The van der Waals surface area contributed by atoms with Gasteiger partial charge < -0.3 is 16.4 Å². The molecule has 17 heavy (non-hydrogen) atoms. The zero-order chi connectivity index (χ0) is 12.8. The van der Waals surface area contributed by atoms with E-state index in [1.807, 2.05) is 6.92 Å². The Labute approximate surface area is 103 Å². The number of likely N-dealkylation sites (tertiary alicyclic amines) is 1. The fraction of sp³-hybridized carbons (Fsp3) is 0.833. The van der Waals surface area contributed by atoms with Crippen LogP contribution in [0.5, 0.6) is 0 Å². The molecule has 0 aliphatic carbocycles. The van der Waals surface area contributed by atoms with Crippen LogP contribution < -0.4 is 11.5 Å². The number of primary amides is 1. The Morgan fingerprint density at radius 3 is 2.65 bits per heavy atom. The summed E-state index contributed by atoms with van der Waals surface area (Å²) >= 11 is 0. The molecule has 1 aliphatic heterocycles. The van der Waals surface area contributed by atoms with Gasteiger partial charge in [-0.25, -0.2) is 0 Å². The van der Waals surface area contributed by atoms with E-state index in [2.05, 4.69) is 0 Å². The summed E-state index contributed by atoms with van der Waals surface area (Å²) in [5.41, 5.74) is 10.9. The molecule has 2 atom stereocenters. The van der Waals surface area contributed by atoms with Gasteiger partial charge in [0, 0.05) is 13.0 Å². The lowest BCUT2D eigenvalue weighted by Gasteiger charge is -2.34. The molecule has 0 spiro atoms. The van der Waals surface area contributed by atoms with Crippen LogP contribution in [0.15, 0.2) is 0 Å². The number of amides is 2. The average molecular weight is 241 g/mol. The van der Waals surface area contributed by atoms with Gasteiger partial charge in [0.15, 0.2) is 0 Å². The third-order valence-electron chi connectivity index (χ3n) is 3.53. The molecule has 5 nitrogen and oxygen atoms in total. The molecule has 2 amide bonds. The van der Waals surface area contributed by atoms with Gasteiger partial charge in [-0.3, -0.25) is 9.59 Å². The Morgan fingerprint density at radius 1 is 1.41 bits per heavy atom. The standard InChI is InChI=1S/C12H23N3O2/c1-2-9(8-13)7-11(16)15-6-4-3-5-10(15)12(14)17/h9-10H,2-8,13H2,1H3,(H2,14,17). The van der Waals surface area contributed by atoms with Gasteiger partial charge in [-0.15, -0.1) is 0 Å². The second-order valence-corrected chi connectivity index (χ2v) is 4.72. The monoisotopic (exact) mass is 241 g/mol. The molecule has 2 unspecified atom stereocenters. The number of piperidine rings is 1. The molecule has 4 N–H and O–H groups in total. The molecule has 0 bridgehead atoms. The minimum atomic E-state index is -0.411. The molecule has 1 heterocycles. The number of nitrogens with two attached hydrogens (primary N) is 2. The van der Waals surface area contributed by atoms with Crippen LogP contribution in [0.1, 0.15) is 39.0 Å². The molecule has 0 saturated carbocycles. The normalized spacial score (nSPS) is 22.2. The second-order valence-electron chi connectivity index (χ2n) is 4.72. The highest BCUT2D eigenvalue weighted by Gasteiger charge is 2.30. The number of carbonyl (C=O) groups excluding carboxylic acids is 2. The lowest BCUT2D eigenvalue weighted by molar-refractivity contribution is -0.141. The molecule has 0 aromatic carbocycles. The Bertz CT molecular complexity index is 277. The van der Waals surface area contributed by atoms with E-state index in [1.54, 1.807) is 4.90 Å². The van der Waals surface area contributed by atoms with Crippen LogP contribution in [0.25, 0.3) is 0 Å². The number of carbonyl (C=O) groups is 2. The van der Waals surface area contributed by atoms with Crippen molar-refractivity contribution in [1.82, 2.24) is 4.90 Å². The van der Waals surface area contributed by atoms with Crippen LogP contribution in [0.4, 0.5) is 0 Å².